The number of amides is 1. The minimum Gasteiger partial charge on any atom is -0.493 e. The summed E-state index contributed by atoms with van der Waals surface area (Å²) in [6, 6.07) is 14.8. The minimum absolute atomic E-state index is 0.0551. The van der Waals surface area contributed by atoms with Crippen LogP contribution in [0, 0.1) is 17.0 Å². The summed E-state index contributed by atoms with van der Waals surface area (Å²) in [5.74, 6) is -0.261. The van der Waals surface area contributed by atoms with Gasteiger partial charge in [0.25, 0.3) is 0 Å². The zero-order valence-electron chi connectivity index (χ0n) is 27.5. The predicted molar refractivity (Wildman–Crippen MR) is 182 cm³/mol. The number of carbonyl (C=O) groups excluding carboxylic acids is 2. The van der Waals surface area contributed by atoms with Gasteiger partial charge in [0.1, 0.15) is 33.4 Å². The number of nitrogens with one attached hydrogen (secondary N) is 2. The maximum atomic E-state index is 15.4. The molecule has 50 heavy (non-hydrogen) atoms. The van der Waals surface area contributed by atoms with E-state index in [1.54, 1.807) is 30.5 Å². The molecule has 2 N–H and O–H groups in total. The summed E-state index contributed by atoms with van der Waals surface area (Å²) < 4.78 is 70.1. The molecule has 0 unspecified atom stereocenters. The van der Waals surface area contributed by atoms with Crippen LogP contribution in [0.1, 0.15) is 44.1 Å². The van der Waals surface area contributed by atoms with Crippen LogP contribution < -0.4 is 24.8 Å². The molecule has 7 rings (SSSR count). The van der Waals surface area contributed by atoms with E-state index in [0.29, 0.717) is 71.7 Å². The van der Waals surface area contributed by atoms with Gasteiger partial charge in [0, 0.05) is 35.8 Å². The van der Waals surface area contributed by atoms with Crippen molar-refractivity contribution in [3.8, 4) is 23.0 Å². The van der Waals surface area contributed by atoms with Gasteiger partial charge in [-0.15, -0.1) is 0 Å². The summed E-state index contributed by atoms with van der Waals surface area (Å²) >= 11 is 0. The number of fused-ring (bicyclic) bond motifs is 1. The lowest BCUT2D eigenvalue weighted by molar-refractivity contribution is -0.132. The number of rotatable bonds is 13. The molecule has 262 valence electrons. The van der Waals surface area contributed by atoms with Gasteiger partial charge in [-0.1, -0.05) is 6.07 Å². The number of Topliss-reactive ketones (excluding diaryl/α,β-unsaturated/α-hetero) is 1. The molecule has 10 nitrogen and oxygen atoms in total. The quantitative estimate of drug-likeness (QED) is 0.163. The summed E-state index contributed by atoms with van der Waals surface area (Å²) in [6.45, 7) is 0.383. The number of methoxy groups -OCH3 is 1. The van der Waals surface area contributed by atoms with Crippen molar-refractivity contribution >= 4 is 38.1 Å². The molecule has 2 aliphatic carbocycles. The lowest BCUT2D eigenvalue weighted by Crippen LogP contribution is -2.47. The van der Waals surface area contributed by atoms with Crippen molar-refractivity contribution in [2.24, 2.45) is 5.41 Å². The largest absolute Gasteiger partial charge is 0.493 e. The molecule has 0 spiro atoms. The molecule has 0 atom stereocenters. The highest BCUT2D eigenvalue weighted by atomic mass is 32.2. The summed E-state index contributed by atoms with van der Waals surface area (Å²) in [4.78, 5) is 30.6. The van der Waals surface area contributed by atoms with Crippen LogP contribution >= 0.6 is 0 Å². The number of nitrogens with zero attached hydrogens (tertiary/aromatic N) is 1. The SMILES string of the molecule is COc1cc2c(Oc3ccc(CC(=O)C4(C(=O)Nc5ccc(F)cc5)CC4)cc3F)ccnc2cc1OCC1(NC2CCS(=O)(=O)CC2)CC1. The van der Waals surface area contributed by atoms with Crippen molar-refractivity contribution in [1.82, 2.24) is 10.3 Å². The Labute approximate surface area is 288 Å². The minimum atomic E-state index is -2.94. The topological polar surface area (TPSA) is 133 Å². The first kappa shape index (κ1) is 33.9. The molecule has 3 aliphatic rings. The molecular weight excluding hydrogens is 668 g/mol. The third-order valence-electron chi connectivity index (χ3n) is 9.81. The molecule has 1 saturated heterocycles. The second-order valence-corrected chi connectivity index (χ2v) is 15.8. The highest BCUT2D eigenvalue weighted by molar-refractivity contribution is 7.91. The summed E-state index contributed by atoms with van der Waals surface area (Å²) in [6.07, 6.45) is 5.23. The van der Waals surface area contributed by atoms with Crippen LogP contribution in [0.15, 0.2) is 66.9 Å². The monoisotopic (exact) mass is 705 g/mol. The number of sulfone groups is 1. The molecule has 13 heteroatoms. The van der Waals surface area contributed by atoms with E-state index in [0.717, 1.165) is 12.8 Å². The Morgan fingerprint density at radius 1 is 0.900 bits per heavy atom. The molecule has 1 amide bonds. The van der Waals surface area contributed by atoms with E-state index < -0.39 is 32.8 Å². The number of benzene rings is 3. The average molecular weight is 706 g/mol. The Morgan fingerprint density at radius 3 is 2.30 bits per heavy atom. The molecule has 1 aliphatic heterocycles. The third-order valence-corrected chi connectivity index (χ3v) is 11.5. The average Bonchev–Trinajstić information content (AvgIpc) is 4.03. The standard InChI is InChI=1S/C37H37F2N3O7S/c1-47-32-20-27-29(21-33(32)48-22-36(11-12-36)42-26-9-16-50(45,46)17-10-26)40-15-8-30(27)49-31-7-2-23(18-28(31)39)19-34(43)37(13-14-37)35(44)41-25-5-3-24(38)4-6-25/h2-8,15,18,20-21,26,42H,9-14,16-17,19,22H2,1H3,(H,41,44). The highest BCUT2D eigenvalue weighted by Gasteiger charge is 2.55. The van der Waals surface area contributed by atoms with Crippen LogP contribution in [-0.2, 0) is 25.8 Å². The number of pyridine rings is 1. The van der Waals surface area contributed by atoms with Crippen molar-refractivity contribution in [3.63, 3.8) is 0 Å². The van der Waals surface area contributed by atoms with Crippen molar-refractivity contribution in [3.05, 3.63) is 84.1 Å². The molecular formula is C37H37F2N3O7S. The fraction of sp³-hybridized carbons (Fsp3) is 0.378. The maximum Gasteiger partial charge on any atom is 0.238 e. The van der Waals surface area contributed by atoms with Crippen molar-refractivity contribution < 1.29 is 41.0 Å². The van der Waals surface area contributed by atoms with Gasteiger partial charge in [-0.2, -0.15) is 0 Å². The van der Waals surface area contributed by atoms with Gasteiger partial charge in [-0.25, -0.2) is 17.2 Å². The maximum absolute atomic E-state index is 15.4. The number of ether oxygens (including phenoxy) is 3. The van der Waals surface area contributed by atoms with E-state index in [9.17, 15) is 22.4 Å². The molecule has 2 saturated carbocycles. The molecule has 3 fully saturated rings. The van der Waals surface area contributed by atoms with Crippen molar-refractivity contribution in [2.75, 3.05) is 30.5 Å². The highest BCUT2D eigenvalue weighted by Crippen LogP contribution is 2.48. The van der Waals surface area contributed by atoms with Crippen molar-refractivity contribution in [1.29, 1.82) is 0 Å². The van der Waals surface area contributed by atoms with Gasteiger partial charge in [0.2, 0.25) is 5.91 Å². The van der Waals surface area contributed by atoms with Crippen molar-refractivity contribution in [2.45, 2.75) is 56.5 Å². The van der Waals surface area contributed by atoms with E-state index in [2.05, 4.69) is 15.6 Å². The van der Waals surface area contributed by atoms with E-state index in [4.69, 9.17) is 14.2 Å². The Morgan fingerprint density at radius 2 is 1.64 bits per heavy atom. The Kier molecular flexibility index (Phi) is 8.97. The molecule has 4 aromatic rings. The van der Waals surface area contributed by atoms with Crippen LogP contribution in [0.5, 0.6) is 23.0 Å². The number of ketones is 1. The first-order chi connectivity index (χ1) is 24.0. The van der Waals surface area contributed by atoms with Crippen LogP contribution in [0.2, 0.25) is 0 Å². The molecule has 2 heterocycles. The zero-order chi connectivity index (χ0) is 35.1. The van der Waals surface area contributed by atoms with Crippen LogP contribution in [0.3, 0.4) is 0 Å². The molecule has 0 radical (unpaired) electrons. The van der Waals surface area contributed by atoms with Gasteiger partial charge in [-0.05, 0) is 92.6 Å². The normalized spacial score (nSPS) is 18.6. The van der Waals surface area contributed by atoms with Gasteiger partial charge in [0.05, 0.1) is 29.7 Å². The smallest absolute Gasteiger partial charge is 0.238 e. The van der Waals surface area contributed by atoms with Gasteiger partial charge < -0.3 is 24.8 Å². The summed E-state index contributed by atoms with van der Waals surface area (Å²) in [7, 11) is -1.42. The number of carbonyl (C=O) groups is 2. The number of anilines is 1. The number of hydrogen-bond acceptors (Lipinski definition) is 9. The van der Waals surface area contributed by atoms with Gasteiger partial charge in [0.15, 0.2) is 28.8 Å². The molecule has 0 bridgehead atoms. The lowest BCUT2D eigenvalue weighted by atomic mass is 9.94. The summed E-state index contributed by atoms with van der Waals surface area (Å²) in [5, 5.41) is 6.88. The van der Waals surface area contributed by atoms with E-state index in [1.165, 1.54) is 43.5 Å². The lowest BCUT2D eigenvalue weighted by Gasteiger charge is -2.28. The van der Waals surface area contributed by atoms with Gasteiger partial charge >= 0.3 is 0 Å². The summed E-state index contributed by atoms with van der Waals surface area (Å²) in [5.41, 5.74) is -0.0584. The second-order valence-electron chi connectivity index (χ2n) is 13.5. The molecule has 3 aromatic carbocycles. The Balaban J connectivity index is 1.01. The van der Waals surface area contributed by atoms with Crippen LogP contribution in [0.4, 0.5) is 14.5 Å². The van der Waals surface area contributed by atoms with Gasteiger partial charge in [-0.3, -0.25) is 14.6 Å². The fourth-order valence-electron chi connectivity index (χ4n) is 6.41. The van der Waals surface area contributed by atoms with Crippen LogP contribution in [0.25, 0.3) is 10.9 Å². The third kappa shape index (κ3) is 7.29. The van der Waals surface area contributed by atoms with E-state index >= 15 is 4.39 Å². The fourth-order valence-corrected chi connectivity index (χ4v) is 7.90. The Bertz CT molecular complexity index is 2050. The van der Waals surface area contributed by atoms with E-state index in [1.807, 2.05) is 0 Å². The number of halogens is 2. The number of hydrogen-bond donors (Lipinski definition) is 2. The van der Waals surface area contributed by atoms with Crippen LogP contribution in [-0.4, -0.2) is 61.9 Å². The first-order valence-electron chi connectivity index (χ1n) is 16.6. The predicted octanol–water partition coefficient (Wildman–Crippen LogP) is 5.92. The van der Waals surface area contributed by atoms with E-state index in [-0.39, 0.29) is 41.0 Å². The molecule has 1 aromatic heterocycles. The zero-order valence-corrected chi connectivity index (χ0v) is 28.3. The second kappa shape index (κ2) is 13.3. The Hall–Kier alpha value is -4.62. The first-order valence-corrected chi connectivity index (χ1v) is 18.4. The number of aromatic nitrogens is 1.